The highest BCUT2D eigenvalue weighted by molar-refractivity contribution is 4.85. The highest BCUT2D eigenvalue weighted by Gasteiger charge is 2.29. The number of piperidine rings is 1. The molecule has 0 radical (unpaired) electrons. The van der Waals surface area contributed by atoms with Crippen LogP contribution in [0, 0.1) is 11.8 Å². The van der Waals surface area contributed by atoms with Crippen molar-refractivity contribution < 1.29 is 4.74 Å². The Labute approximate surface area is 81.0 Å². The van der Waals surface area contributed by atoms with E-state index in [1.54, 1.807) is 0 Å². The van der Waals surface area contributed by atoms with Crippen LogP contribution in [0.3, 0.4) is 0 Å². The molecule has 2 aliphatic rings. The van der Waals surface area contributed by atoms with Gasteiger partial charge in [-0.1, -0.05) is 6.92 Å². The normalized spacial score (nSPS) is 37.6. The third kappa shape index (κ3) is 2.23. The molecule has 0 aromatic heterocycles. The number of nitrogens with one attached hydrogen (secondary N) is 1. The topological polar surface area (TPSA) is 21.3 Å². The molecule has 2 aliphatic heterocycles. The van der Waals surface area contributed by atoms with Gasteiger partial charge < -0.3 is 10.1 Å². The van der Waals surface area contributed by atoms with E-state index in [4.69, 9.17) is 4.74 Å². The number of rotatable bonds is 1. The van der Waals surface area contributed by atoms with Crippen molar-refractivity contribution in [3.05, 3.63) is 0 Å². The molecule has 2 fully saturated rings. The van der Waals surface area contributed by atoms with E-state index in [2.05, 4.69) is 12.2 Å². The summed E-state index contributed by atoms with van der Waals surface area (Å²) in [7, 11) is 0. The summed E-state index contributed by atoms with van der Waals surface area (Å²) in [6, 6.07) is 0.776. The van der Waals surface area contributed by atoms with Gasteiger partial charge in [-0.15, -0.1) is 0 Å². The monoisotopic (exact) mass is 183 g/mol. The molecule has 2 rings (SSSR count). The fourth-order valence-corrected chi connectivity index (χ4v) is 2.78. The first kappa shape index (κ1) is 9.47. The summed E-state index contributed by atoms with van der Waals surface area (Å²) in [5.41, 5.74) is 0. The van der Waals surface area contributed by atoms with Gasteiger partial charge in [0.25, 0.3) is 0 Å². The summed E-state index contributed by atoms with van der Waals surface area (Å²) < 4.78 is 5.40. The Kier molecular flexibility index (Phi) is 3.23. The first-order valence-electron chi connectivity index (χ1n) is 5.69. The van der Waals surface area contributed by atoms with Crippen molar-refractivity contribution in [2.75, 3.05) is 19.8 Å². The second kappa shape index (κ2) is 4.43. The van der Waals surface area contributed by atoms with Gasteiger partial charge in [-0.25, -0.2) is 0 Å². The van der Waals surface area contributed by atoms with Gasteiger partial charge in [0.15, 0.2) is 0 Å². The molecule has 0 aromatic carbocycles. The summed E-state index contributed by atoms with van der Waals surface area (Å²) in [6.45, 7) is 5.59. The second-order valence-corrected chi connectivity index (χ2v) is 4.55. The predicted molar refractivity (Wildman–Crippen MR) is 53.7 cm³/mol. The standard InChI is InChI=1S/C11H21NO/c1-9-3-2-6-12-11(9)10-4-7-13-8-5-10/h9-12H,2-8H2,1H3. The van der Waals surface area contributed by atoms with Gasteiger partial charge in [-0.05, 0) is 44.1 Å². The molecule has 0 amide bonds. The van der Waals surface area contributed by atoms with Gasteiger partial charge in [0.05, 0.1) is 0 Å². The Morgan fingerprint density at radius 2 is 1.92 bits per heavy atom. The van der Waals surface area contributed by atoms with E-state index in [0.717, 1.165) is 31.1 Å². The molecular formula is C11H21NO. The zero-order chi connectivity index (χ0) is 9.10. The van der Waals surface area contributed by atoms with Gasteiger partial charge >= 0.3 is 0 Å². The molecule has 1 N–H and O–H groups in total. The Hall–Kier alpha value is -0.0800. The van der Waals surface area contributed by atoms with E-state index in [9.17, 15) is 0 Å². The molecule has 0 saturated carbocycles. The minimum atomic E-state index is 0.776. The van der Waals surface area contributed by atoms with E-state index >= 15 is 0 Å². The summed E-state index contributed by atoms with van der Waals surface area (Å²) in [4.78, 5) is 0. The Morgan fingerprint density at radius 3 is 2.62 bits per heavy atom. The van der Waals surface area contributed by atoms with E-state index in [0.29, 0.717) is 0 Å². The SMILES string of the molecule is CC1CCCNC1C1CCOCC1. The van der Waals surface area contributed by atoms with Crippen LogP contribution in [-0.4, -0.2) is 25.8 Å². The van der Waals surface area contributed by atoms with Crippen molar-refractivity contribution >= 4 is 0 Å². The maximum absolute atomic E-state index is 5.40. The van der Waals surface area contributed by atoms with Gasteiger partial charge in [0.1, 0.15) is 0 Å². The van der Waals surface area contributed by atoms with Crippen molar-refractivity contribution in [3.63, 3.8) is 0 Å². The van der Waals surface area contributed by atoms with Crippen LogP contribution in [0.4, 0.5) is 0 Å². The number of hydrogen-bond acceptors (Lipinski definition) is 2. The largest absolute Gasteiger partial charge is 0.381 e. The van der Waals surface area contributed by atoms with E-state index in [1.165, 1.54) is 32.2 Å². The summed E-state index contributed by atoms with van der Waals surface area (Å²) in [5, 5.41) is 3.68. The zero-order valence-corrected chi connectivity index (χ0v) is 8.59. The molecular weight excluding hydrogens is 162 g/mol. The fraction of sp³-hybridized carbons (Fsp3) is 1.00. The summed E-state index contributed by atoms with van der Waals surface area (Å²) in [6.07, 6.45) is 5.31. The Balaban J connectivity index is 1.88. The number of hydrogen-bond donors (Lipinski definition) is 1. The zero-order valence-electron chi connectivity index (χ0n) is 8.59. The Bertz CT molecular complexity index is 154. The van der Waals surface area contributed by atoms with Crippen LogP contribution < -0.4 is 5.32 Å². The highest BCUT2D eigenvalue weighted by Crippen LogP contribution is 2.27. The molecule has 0 aromatic rings. The highest BCUT2D eigenvalue weighted by atomic mass is 16.5. The fourth-order valence-electron chi connectivity index (χ4n) is 2.78. The smallest absolute Gasteiger partial charge is 0.0469 e. The maximum Gasteiger partial charge on any atom is 0.0469 e. The average molecular weight is 183 g/mol. The summed E-state index contributed by atoms with van der Waals surface area (Å²) >= 11 is 0. The lowest BCUT2D eigenvalue weighted by Crippen LogP contribution is -2.46. The van der Waals surface area contributed by atoms with E-state index in [-0.39, 0.29) is 0 Å². The predicted octanol–water partition coefficient (Wildman–Crippen LogP) is 1.80. The summed E-state index contributed by atoms with van der Waals surface area (Å²) in [5.74, 6) is 1.75. The lowest BCUT2D eigenvalue weighted by molar-refractivity contribution is 0.0411. The molecule has 0 aliphatic carbocycles. The van der Waals surface area contributed by atoms with Crippen LogP contribution in [0.2, 0.25) is 0 Å². The second-order valence-electron chi connectivity index (χ2n) is 4.55. The molecule has 2 unspecified atom stereocenters. The van der Waals surface area contributed by atoms with Crippen molar-refractivity contribution in [2.45, 2.75) is 38.6 Å². The van der Waals surface area contributed by atoms with Crippen molar-refractivity contribution in [2.24, 2.45) is 11.8 Å². The van der Waals surface area contributed by atoms with Crippen molar-refractivity contribution in [1.29, 1.82) is 0 Å². The molecule has 2 saturated heterocycles. The molecule has 2 heterocycles. The van der Waals surface area contributed by atoms with Crippen LogP contribution in [0.5, 0.6) is 0 Å². The third-order valence-corrected chi connectivity index (χ3v) is 3.60. The first-order valence-corrected chi connectivity index (χ1v) is 5.69. The number of ether oxygens (including phenoxy) is 1. The van der Waals surface area contributed by atoms with Crippen LogP contribution in [0.15, 0.2) is 0 Å². The maximum atomic E-state index is 5.40. The van der Waals surface area contributed by atoms with Gasteiger partial charge in [0, 0.05) is 19.3 Å². The van der Waals surface area contributed by atoms with E-state index < -0.39 is 0 Å². The molecule has 76 valence electrons. The minimum absolute atomic E-state index is 0.776. The average Bonchev–Trinajstić information content (AvgIpc) is 2.20. The molecule has 0 bridgehead atoms. The molecule has 0 spiro atoms. The molecule has 2 atom stereocenters. The van der Waals surface area contributed by atoms with Gasteiger partial charge in [-0.3, -0.25) is 0 Å². The Morgan fingerprint density at radius 1 is 1.15 bits per heavy atom. The first-order chi connectivity index (χ1) is 6.38. The van der Waals surface area contributed by atoms with Crippen molar-refractivity contribution in [3.8, 4) is 0 Å². The minimum Gasteiger partial charge on any atom is -0.381 e. The lowest BCUT2D eigenvalue weighted by Gasteiger charge is -2.38. The lowest BCUT2D eigenvalue weighted by atomic mass is 9.80. The third-order valence-electron chi connectivity index (χ3n) is 3.60. The van der Waals surface area contributed by atoms with Crippen LogP contribution in [0.25, 0.3) is 0 Å². The van der Waals surface area contributed by atoms with E-state index in [1.807, 2.05) is 0 Å². The van der Waals surface area contributed by atoms with Gasteiger partial charge in [-0.2, -0.15) is 0 Å². The quantitative estimate of drug-likeness (QED) is 0.669. The van der Waals surface area contributed by atoms with Crippen molar-refractivity contribution in [1.82, 2.24) is 5.32 Å². The molecule has 13 heavy (non-hydrogen) atoms. The van der Waals surface area contributed by atoms with Gasteiger partial charge in [0.2, 0.25) is 0 Å². The van der Waals surface area contributed by atoms with Crippen LogP contribution >= 0.6 is 0 Å². The van der Waals surface area contributed by atoms with Crippen LogP contribution in [-0.2, 0) is 4.74 Å². The van der Waals surface area contributed by atoms with Crippen LogP contribution in [0.1, 0.15) is 32.6 Å². The molecule has 2 nitrogen and oxygen atoms in total. The molecule has 2 heteroatoms.